The van der Waals surface area contributed by atoms with Gasteiger partial charge >= 0.3 is 0 Å². The summed E-state index contributed by atoms with van der Waals surface area (Å²) < 4.78 is 5.17. The number of nitro benzene ring substituents is 1. The van der Waals surface area contributed by atoms with E-state index in [-0.39, 0.29) is 35.0 Å². The molecule has 26 heavy (non-hydrogen) atoms. The summed E-state index contributed by atoms with van der Waals surface area (Å²) in [7, 11) is 1.47. The van der Waals surface area contributed by atoms with Gasteiger partial charge in [-0.1, -0.05) is 23.2 Å². The van der Waals surface area contributed by atoms with Gasteiger partial charge in [-0.15, -0.1) is 0 Å². The van der Waals surface area contributed by atoms with Crippen LogP contribution < -0.4 is 10.1 Å². The fraction of sp³-hybridized carbons (Fsp3) is 0.222. The van der Waals surface area contributed by atoms with Crippen molar-refractivity contribution < 1.29 is 19.2 Å². The van der Waals surface area contributed by atoms with Gasteiger partial charge < -0.3 is 10.1 Å². The van der Waals surface area contributed by atoms with Crippen molar-refractivity contribution in [1.29, 1.82) is 0 Å². The van der Waals surface area contributed by atoms with Gasteiger partial charge in [-0.25, -0.2) is 0 Å². The lowest BCUT2D eigenvalue weighted by Gasteiger charge is -2.09. The van der Waals surface area contributed by atoms with Gasteiger partial charge in [0.05, 0.1) is 17.6 Å². The Morgan fingerprint density at radius 3 is 2.58 bits per heavy atom. The van der Waals surface area contributed by atoms with E-state index in [0.717, 1.165) is 5.56 Å². The number of anilines is 1. The summed E-state index contributed by atoms with van der Waals surface area (Å²) in [5.41, 5.74) is 1.27. The third-order valence-electron chi connectivity index (χ3n) is 3.66. The minimum atomic E-state index is -0.633. The summed E-state index contributed by atoms with van der Waals surface area (Å²) >= 11 is 5.73. The number of halogens is 1. The van der Waals surface area contributed by atoms with Gasteiger partial charge in [0.1, 0.15) is 10.8 Å². The van der Waals surface area contributed by atoms with E-state index in [9.17, 15) is 19.7 Å². The number of aryl methyl sites for hydroxylation is 1. The van der Waals surface area contributed by atoms with Crippen molar-refractivity contribution in [3.8, 4) is 5.75 Å². The van der Waals surface area contributed by atoms with Crippen LogP contribution in [-0.2, 0) is 4.79 Å². The zero-order chi connectivity index (χ0) is 19.3. The number of amides is 1. The molecule has 0 atom stereocenters. The number of hydrogen-bond acceptors (Lipinski definition) is 5. The number of hydrogen-bond donors (Lipinski definition) is 1. The van der Waals surface area contributed by atoms with Gasteiger partial charge in [0, 0.05) is 24.6 Å². The van der Waals surface area contributed by atoms with Crippen LogP contribution in [0.1, 0.15) is 28.8 Å². The molecule has 0 aliphatic heterocycles. The highest BCUT2D eigenvalue weighted by molar-refractivity contribution is 6.32. The van der Waals surface area contributed by atoms with E-state index < -0.39 is 10.8 Å². The summed E-state index contributed by atoms with van der Waals surface area (Å²) in [4.78, 5) is 34.6. The number of carbonyl (C=O) groups is 2. The third kappa shape index (κ3) is 4.80. The molecule has 0 saturated heterocycles. The zero-order valence-corrected chi connectivity index (χ0v) is 15.0. The summed E-state index contributed by atoms with van der Waals surface area (Å²) in [5, 5.41) is 13.4. The maximum absolute atomic E-state index is 12.4. The maximum atomic E-state index is 12.4. The monoisotopic (exact) mass is 376 g/mol. The smallest absolute Gasteiger partial charge is 0.289 e. The molecule has 0 aliphatic rings. The number of methoxy groups -OCH3 is 1. The largest absolute Gasteiger partial charge is 0.496 e. The zero-order valence-electron chi connectivity index (χ0n) is 14.2. The van der Waals surface area contributed by atoms with Crippen molar-refractivity contribution in [2.45, 2.75) is 19.8 Å². The quantitative estimate of drug-likeness (QED) is 0.444. The number of Topliss-reactive ketones (excluding diaryl/α,β-unsaturated/α-hetero) is 1. The molecule has 8 heteroatoms. The Labute approximate surface area is 155 Å². The molecular weight excluding hydrogens is 360 g/mol. The predicted octanol–water partition coefficient (Wildman–Crippen LogP) is 4.17. The van der Waals surface area contributed by atoms with Crippen LogP contribution in [0, 0.1) is 17.0 Å². The number of ketones is 1. The van der Waals surface area contributed by atoms with Crippen LogP contribution in [0.3, 0.4) is 0 Å². The van der Waals surface area contributed by atoms with Gasteiger partial charge in [0.2, 0.25) is 5.91 Å². The topological polar surface area (TPSA) is 98.5 Å². The van der Waals surface area contributed by atoms with Gasteiger partial charge in [0.15, 0.2) is 5.78 Å². The van der Waals surface area contributed by atoms with Crippen LogP contribution in [0.25, 0.3) is 0 Å². The molecular formula is C18H17ClN2O5. The predicted molar refractivity (Wildman–Crippen MR) is 98.0 cm³/mol. The molecule has 0 fully saturated rings. The van der Waals surface area contributed by atoms with Crippen molar-refractivity contribution in [2.75, 3.05) is 12.4 Å². The second kappa shape index (κ2) is 8.44. The lowest BCUT2D eigenvalue weighted by Crippen LogP contribution is -2.14. The Kier molecular flexibility index (Phi) is 6.30. The van der Waals surface area contributed by atoms with E-state index in [4.69, 9.17) is 16.3 Å². The van der Waals surface area contributed by atoms with Crippen molar-refractivity contribution in [3.63, 3.8) is 0 Å². The molecule has 136 valence electrons. The molecule has 0 spiro atoms. The van der Waals surface area contributed by atoms with E-state index in [2.05, 4.69) is 5.32 Å². The molecule has 7 nitrogen and oxygen atoms in total. The van der Waals surface area contributed by atoms with Gasteiger partial charge in [-0.05, 0) is 31.2 Å². The number of nitrogens with zero attached hydrogens (tertiary/aromatic N) is 1. The lowest BCUT2D eigenvalue weighted by molar-refractivity contribution is -0.384. The number of carbonyl (C=O) groups excluding carboxylic acids is 2. The summed E-state index contributed by atoms with van der Waals surface area (Å²) in [6.07, 6.45) is -0.0757. The fourth-order valence-corrected chi connectivity index (χ4v) is 2.54. The first-order valence-corrected chi connectivity index (χ1v) is 8.11. The van der Waals surface area contributed by atoms with E-state index in [0.29, 0.717) is 11.3 Å². The first-order chi connectivity index (χ1) is 12.3. The molecule has 2 rings (SSSR count). The van der Waals surface area contributed by atoms with Crippen LogP contribution in [0.5, 0.6) is 5.75 Å². The Hall–Kier alpha value is -2.93. The molecule has 1 N–H and O–H groups in total. The molecule has 0 aliphatic carbocycles. The minimum absolute atomic E-state index is 0.0126. The van der Waals surface area contributed by atoms with Crippen LogP contribution >= 0.6 is 11.6 Å². The van der Waals surface area contributed by atoms with E-state index in [1.54, 1.807) is 12.1 Å². The molecule has 1 amide bonds. The number of ether oxygens (including phenoxy) is 1. The van der Waals surface area contributed by atoms with E-state index in [1.807, 2.05) is 13.0 Å². The van der Waals surface area contributed by atoms with Crippen molar-refractivity contribution in [2.24, 2.45) is 0 Å². The molecule has 0 unspecified atom stereocenters. The highest BCUT2D eigenvalue weighted by atomic mass is 35.5. The van der Waals surface area contributed by atoms with Crippen LogP contribution in [0.4, 0.5) is 11.4 Å². The van der Waals surface area contributed by atoms with Crippen LogP contribution in [0.15, 0.2) is 36.4 Å². The summed E-state index contributed by atoms with van der Waals surface area (Å²) in [6.45, 7) is 1.86. The van der Waals surface area contributed by atoms with E-state index >= 15 is 0 Å². The normalized spacial score (nSPS) is 10.3. The molecule has 0 bridgehead atoms. The molecule has 0 saturated carbocycles. The van der Waals surface area contributed by atoms with Crippen molar-refractivity contribution in [3.05, 3.63) is 62.7 Å². The number of benzene rings is 2. The Morgan fingerprint density at radius 2 is 1.92 bits per heavy atom. The van der Waals surface area contributed by atoms with Crippen LogP contribution in [-0.4, -0.2) is 23.7 Å². The molecule has 0 aromatic heterocycles. The van der Waals surface area contributed by atoms with E-state index in [1.165, 1.54) is 25.3 Å². The standard InChI is InChI=1S/C18H17ClN2O5/c1-11-3-7-17(26-2)13(9-11)16(22)6-8-18(23)20-12-4-5-14(19)15(10-12)21(24)25/h3-5,7,9-10H,6,8H2,1-2H3,(H,20,23). The third-order valence-corrected chi connectivity index (χ3v) is 3.98. The molecule has 2 aromatic rings. The Bertz CT molecular complexity index is 867. The number of nitro groups is 1. The van der Waals surface area contributed by atoms with Gasteiger partial charge in [0.25, 0.3) is 5.69 Å². The summed E-state index contributed by atoms with van der Waals surface area (Å²) in [6, 6.07) is 9.20. The maximum Gasteiger partial charge on any atom is 0.289 e. The average Bonchev–Trinajstić information content (AvgIpc) is 2.61. The summed E-state index contributed by atoms with van der Waals surface area (Å²) in [5.74, 6) is -0.196. The highest BCUT2D eigenvalue weighted by Gasteiger charge is 2.16. The number of rotatable bonds is 7. The minimum Gasteiger partial charge on any atom is -0.496 e. The first kappa shape index (κ1) is 19.4. The highest BCUT2D eigenvalue weighted by Crippen LogP contribution is 2.27. The molecule has 2 aromatic carbocycles. The first-order valence-electron chi connectivity index (χ1n) is 7.73. The second-order valence-corrected chi connectivity index (χ2v) is 6.01. The average molecular weight is 377 g/mol. The van der Waals surface area contributed by atoms with Crippen LogP contribution in [0.2, 0.25) is 5.02 Å². The molecule has 0 radical (unpaired) electrons. The van der Waals surface area contributed by atoms with Gasteiger partial charge in [-0.2, -0.15) is 0 Å². The van der Waals surface area contributed by atoms with Gasteiger partial charge in [-0.3, -0.25) is 19.7 Å². The lowest BCUT2D eigenvalue weighted by atomic mass is 10.0. The molecule has 0 heterocycles. The SMILES string of the molecule is COc1ccc(C)cc1C(=O)CCC(=O)Nc1ccc(Cl)c([N+](=O)[O-])c1. The Balaban J connectivity index is 2.01. The Morgan fingerprint density at radius 1 is 1.19 bits per heavy atom. The second-order valence-electron chi connectivity index (χ2n) is 5.60. The number of nitrogens with one attached hydrogen (secondary N) is 1. The van der Waals surface area contributed by atoms with Crippen molar-refractivity contribution in [1.82, 2.24) is 0 Å². The fourth-order valence-electron chi connectivity index (χ4n) is 2.36. The van der Waals surface area contributed by atoms with Crippen molar-refractivity contribution >= 4 is 34.7 Å².